The molecule has 0 aromatic rings. The molecule has 1 atom stereocenters. The van der Waals surface area contributed by atoms with Gasteiger partial charge in [-0.25, -0.2) is 0 Å². The third-order valence-corrected chi connectivity index (χ3v) is 1.26. The molecule has 0 saturated heterocycles. The van der Waals surface area contributed by atoms with E-state index in [1.165, 1.54) is 0 Å². The van der Waals surface area contributed by atoms with E-state index in [2.05, 4.69) is 20.8 Å². The maximum atomic E-state index is 5.75. The number of ether oxygens (including phenoxy) is 1. The SMILES string of the molecule is COC[C@@H](N)CC(C)(C)C. The van der Waals surface area contributed by atoms with Crippen LogP contribution in [-0.4, -0.2) is 19.8 Å². The zero-order chi connectivity index (χ0) is 8.20. The number of hydrogen-bond donors (Lipinski definition) is 1. The molecule has 0 unspecified atom stereocenters. The minimum Gasteiger partial charge on any atom is -0.383 e. The van der Waals surface area contributed by atoms with Crippen molar-refractivity contribution >= 4 is 0 Å². The summed E-state index contributed by atoms with van der Waals surface area (Å²) in [5, 5.41) is 0. The Balaban J connectivity index is 3.47. The van der Waals surface area contributed by atoms with E-state index in [4.69, 9.17) is 10.5 Å². The maximum absolute atomic E-state index is 5.75. The number of methoxy groups -OCH3 is 1. The van der Waals surface area contributed by atoms with Gasteiger partial charge in [0, 0.05) is 13.2 Å². The van der Waals surface area contributed by atoms with Crippen molar-refractivity contribution in [3.63, 3.8) is 0 Å². The summed E-state index contributed by atoms with van der Waals surface area (Å²) in [5.74, 6) is 0. The molecule has 0 aliphatic rings. The van der Waals surface area contributed by atoms with Gasteiger partial charge in [-0.3, -0.25) is 0 Å². The van der Waals surface area contributed by atoms with Crippen LogP contribution in [0, 0.1) is 5.41 Å². The Morgan fingerprint density at radius 2 is 1.90 bits per heavy atom. The first-order valence-corrected chi connectivity index (χ1v) is 3.70. The van der Waals surface area contributed by atoms with E-state index in [1.807, 2.05) is 0 Å². The van der Waals surface area contributed by atoms with E-state index in [-0.39, 0.29) is 6.04 Å². The van der Waals surface area contributed by atoms with Gasteiger partial charge in [-0.15, -0.1) is 0 Å². The second kappa shape index (κ2) is 3.94. The summed E-state index contributed by atoms with van der Waals surface area (Å²) in [7, 11) is 1.68. The summed E-state index contributed by atoms with van der Waals surface area (Å²) in [6.07, 6.45) is 1.01. The monoisotopic (exact) mass is 145 g/mol. The van der Waals surface area contributed by atoms with Crippen LogP contribution in [0.15, 0.2) is 0 Å². The maximum Gasteiger partial charge on any atom is 0.0613 e. The Bertz CT molecular complexity index is 85.7. The highest BCUT2D eigenvalue weighted by molar-refractivity contribution is 4.70. The minimum atomic E-state index is 0.185. The van der Waals surface area contributed by atoms with E-state index >= 15 is 0 Å². The Morgan fingerprint density at radius 1 is 1.40 bits per heavy atom. The van der Waals surface area contributed by atoms with Crippen molar-refractivity contribution < 1.29 is 4.74 Å². The van der Waals surface area contributed by atoms with Crippen molar-refractivity contribution in [2.45, 2.75) is 33.2 Å². The Hall–Kier alpha value is -0.0800. The van der Waals surface area contributed by atoms with E-state index < -0.39 is 0 Å². The molecule has 0 amide bonds. The summed E-state index contributed by atoms with van der Waals surface area (Å²) in [6.45, 7) is 7.21. The Kier molecular flexibility index (Phi) is 3.91. The third-order valence-electron chi connectivity index (χ3n) is 1.26. The van der Waals surface area contributed by atoms with Gasteiger partial charge in [-0.2, -0.15) is 0 Å². The van der Waals surface area contributed by atoms with Crippen molar-refractivity contribution in [2.75, 3.05) is 13.7 Å². The van der Waals surface area contributed by atoms with Crippen molar-refractivity contribution in [1.82, 2.24) is 0 Å². The fraction of sp³-hybridized carbons (Fsp3) is 1.00. The molecule has 2 nitrogen and oxygen atoms in total. The first kappa shape index (κ1) is 9.92. The smallest absolute Gasteiger partial charge is 0.0613 e. The van der Waals surface area contributed by atoms with Crippen LogP contribution in [0.3, 0.4) is 0 Å². The molecular formula is C8H19NO. The van der Waals surface area contributed by atoms with Gasteiger partial charge in [0.1, 0.15) is 0 Å². The molecule has 62 valence electrons. The van der Waals surface area contributed by atoms with Crippen LogP contribution >= 0.6 is 0 Å². The molecule has 0 aromatic heterocycles. The Labute approximate surface area is 63.7 Å². The molecule has 0 aliphatic heterocycles. The van der Waals surface area contributed by atoms with Gasteiger partial charge in [0.25, 0.3) is 0 Å². The number of rotatable bonds is 3. The fourth-order valence-electron chi connectivity index (χ4n) is 1.06. The number of nitrogens with two attached hydrogens (primary N) is 1. The molecule has 10 heavy (non-hydrogen) atoms. The van der Waals surface area contributed by atoms with E-state index in [0.717, 1.165) is 6.42 Å². The molecule has 0 aliphatic carbocycles. The predicted octanol–water partition coefficient (Wildman–Crippen LogP) is 1.40. The van der Waals surface area contributed by atoms with Gasteiger partial charge in [0.2, 0.25) is 0 Å². The summed E-state index contributed by atoms with van der Waals surface area (Å²) >= 11 is 0. The van der Waals surface area contributed by atoms with Gasteiger partial charge >= 0.3 is 0 Å². The van der Waals surface area contributed by atoms with Gasteiger partial charge < -0.3 is 10.5 Å². The predicted molar refractivity (Wildman–Crippen MR) is 43.9 cm³/mol. The van der Waals surface area contributed by atoms with Gasteiger partial charge in [-0.1, -0.05) is 20.8 Å². The van der Waals surface area contributed by atoms with Crippen LogP contribution < -0.4 is 5.73 Å². The molecule has 0 fully saturated rings. The van der Waals surface area contributed by atoms with Crippen LogP contribution in [0.2, 0.25) is 0 Å². The average Bonchev–Trinajstić information content (AvgIpc) is 1.59. The van der Waals surface area contributed by atoms with Crippen molar-refractivity contribution in [3.8, 4) is 0 Å². The molecule has 0 heterocycles. The van der Waals surface area contributed by atoms with Gasteiger partial charge in [0.05, 0.1) is 6.61 Å². The quantitative estimate of drug-likeness (QED) is 0.651. The first-order valence-electron chi connectivity index (χ1n) is 3.70. The van der Waals surface area contributed by atoms with E-state index in [0.29, 0.717) is 12.0 Å². The molecule has 0 saturated carbocycles. The lowest BCUT2D eigenvalue weighted by Crippen LogP contribution is -2.30. The largest absolute Gasteiger partial charge is 0.383 e. The lowest BCUT2D eigenvalue weighted by Gasteiger charge is -2.22. The normalized spacial score (nSPS) is 15.3. The lowest BCUT2D eigenvalue weighted by atomic mass is 9.89. The zero-order valence-electron chi connectivity index (χ0n) is 7.48. The summed E-state index contributed by atoms with van der Waals surface area (Å²) in [6, 6.07) is 0.185. The summed E-state index contributed by atoms with van der Waals surface area (Å²) in [4.78, 5) is 0. The molecule has 0 radical (unpaired) electrons. The van der Waals surface area contributed by atoms with E-state index in [9.17, 15) is 0 Å². The second-order valence-electron chi connectivity index (χ2n) is 3.98. The molecule has 0 aromatic carbocycles. The molecule has 0 rings (SSSR count). The first-order chi connectivity index (χ1) is 4.45. The molecule has 2 N–H and O–H groups in total. The van der Waals surface area contributed by atoms with Crippen LogP contribution in [0.25, 0.3) is 0 Å². The average molecular weight is 145 g/mol. The zero-order valence-corrected chi connectivity index (χ0v) is 7.48. The lowest BCUT2D eigenvalue weighted by molar-refractivity contribution is 0.160. The highest BCUT2D eigenvalue weighted by Gasteiger charge is 2.14. The molecule has 0 bridgehead atoms. The topological polar surface area (TPSA) is 35.2 Å². The minimum absolute atomic E-state index is 0.185. The van der Waals surface area contributed by atoms with Crippen LogP contribution in [0.4, 0.5) is 0 Å². The molecular weight excluding hydrogens is 126 g/mol. The summed E-state index contributed by atoms with van der Waals surface area (Å²) in [5.41, 5.74) is 6.06. The molecule has 0 spiro atoms. The summed E-state index contributed by atoms with van der Waals surface area (Å²) < 4.78 is 4.92. The number of hydrogen-bond acceptors (Lipinski definition) is 2. The van der Waals surface area contributed by atoms with Crippen LogP contribution in [0.1, 0.15) is 27.2 Å². The third kappa shape index (κ3) is 6.05. The van der Waals surface area contributed by atoms with Gasteiger partial charge in [0.15, 0.2) is 0 Å². The standard InChI is InChI=1S/C8H19NO/c1-8(2,3)5-7(9)6-10-4/h7H,5-6,9H2,1-4H3/t7-/m0/s1. The van der Waals surface area contributed by atoms with Gasteiger partial charge in [-0.05, 0) is 11.8 Å². The highest BCUT2D eigenvalue weighted by Crippen LogP contribution is 2.19. The van der Waals surface area contributed by atoms with Crippen LogP contribution in [0.5, 0.6) is 0 Å². The van der Waals surface area contributed by atoms with Crippen LogP contribution in [-0.2, 0) is 4.74 Å². The van der Waals surface area contributed by atoms with E-state index in [1.54, 1.807) is 7.11 Å². The van der Waals surface area contributed by atoms with Crippen molar-refractivity contribution in [2.24, 2.45) is 11.1 Å². The molecule has 2 heteroatoms. The van der Waals surface area contributed by atoms with Crippen molar-refractivity contribution in [3.05, 3.63) is 0 Å². The Morgan fingerprint density at radius 3 is 2.20 bits per heavy atom. The highest BCUT2D eigenvalue weighted by atomic mass is 16.5. The van der Waals surface area contributed by atoms with Crippen molar-refractivity contribution in [1.29, 1.82) is 0 Å². The fourth-order valence-corrected chi connectivity index (χ4v) is 1.06. The second-order valence-corrected chi connectivity index (χ2v) is 3.98.